The van der Waals surface area contributed by atoms with Crippen LogP contribution in [0.2, 0.25) is 0 Å². The molecule has 5 nitrogen and oxygen atoms in total. The number of halogens is 1. The number of rotatable bonds is 6. The van der Waals surface area contributed by atoms with Crippen LogP contribution in [0.5, 0.6) is 0 Å². The Morgan fingerprint density at radius 1 is 1.50 bits per heavy atom. The molecule has 0 amide bonds. The van der Waals surface area contributed by atoms with Crippen LogP contribution < -0.4 is 5.32 Å². The van der Waals surface area contributed by atoms with Crippen LogP contribution in [-0.2, 0) is 0 Å². The number of aryl methyl sites for hydroxylation is 1. The summed E-state index contributed by atoms with van der Waals surface area (Å²) < 4.78 is 0.721. The highest BCUT2D eigenvalue weighted by Crippen LogP contribution is 2.30. The lowest BCUT2D eigenvalue weighted by Gasteiger charge is -2.15. The third-order valence-electron chi connectivity index (χ3n) is 2.83. The van der Waals surface area contributed by atoms with Crippen molar-refractivity contribution in [1.82, 2.24) is 4.90 Å². The van der Waals surface area contributed by atoms with E-state index in [4.69, 9.17) is 0 Å². The van der Waals surface area contributed by atoms with Gasteiger partial charge in [0, 0.05) is 34.9 Å². The second-order valence-electron chi connectivity index (χ2n) is 4.20. The zero-order valence-corrected chi connectivity index (χ0v) is 12.5. The van der Waals surface area contributed by atoms with E-state index in [1.807, 2.05) is 0 Å². The van der Waals surface area contributed by atoms with Crippen molar-refractivity contribution in [3.05, 3.63) is 32.3 Å². The first kappa shape index (κ1) is 14.9. The predicted molar refractivity (Wildman–Crippen MR) is 77.2 cm³/mol. The largest absolute Gasteiger partial charge is 0.383 e. The molecule has 1 aromatic carbocycles. The van der Waals surface area contributed by atoms with Crippen LogP contribution >= 0.6 is 15.9 Å². The first-order valence-electron chi connectivity index (χ1n) is 5.82. The third kappa shape index (κ3) is 3.96. The Hall–Kier alpha value is -1.14. The molecule has 6 heteroatoms. The van der Waals surface area contributed by atoms with E-state index in [2.05, 4.69) is 40.1 Å². The molecule has 0 fully saturated rings. The second kappa shape index (κ2) is 6.70. The molecule has 0 saturated carbocycles. The SMILES string of the molecule is CCN(C)CCNc1cc(C)c([N+](=O)[O-])cc1Br. The summed E-state index contributed by atoms with van der Waals surface area (Å²) in [6, 6.07) is 3.34. The molecule has 1 rings (SSSR count). The summed E-state index contributed by atoms with van der Waals surface area (Å²) in [7, 11) is 2.05. The van der Waals surface area contributed by atoms with Crippen LogP contribution in [0.25, 0.3) is 0 Å². The number of benzene rings is 1. The molecule has 0 atom stereocenters. The number of hydrogen-bond acceptors (Lipinski definition) is 4. The van der Waals surface area contributed by atoms with Crippen molar-refractivity contribution in [3.8, 4) is 0 Å². The van der Waals surface area contributed by atoms with E-state index in [0.717, 1.165) is 29.8 Å². The molecule has 0 unspecified atom stereocenters. The fourth-order valence-corrected chi connectivity index (χ4v) is 2.01. The van der Waals surface area contributed by atoms with Gasteiger partial charge in [-0.15, -0.1) is 0 Å². The molecule has 0 spiro atoms. The molecule has 18 heavy (non-hydrogen) atoms. The standard InChI is InChI=1S/C12H18BrN3O2/c1-4-15(3)6-5-14-11-7-9(2)12(16(17)18)8-10(11)13/h7-8,14H,4-6H2,1-3H3. The van der Waals surface area contributed by atoms with E-state index in [1.54, 1.807) is 19.1 Å². The quantitative estimate of drug-likeness (QED) is 0.647. The van der Waals surface area contributed by atoms with Crippen molar-refractivity contribution in [2.75, 3.05) is 32.0 Å². The summed E-state index contributed by atoms with van der Waals surface area (Å²) in [5.74, 6) is 0. The zero-order valence-electron chi connectivity index (χ0n) is 10.9. The van der Waals surface area contributed by atoms with Gasteiger partial charge < -0.3 is 10.2 Å². The lowest BCUT2D eigenvalue weighted by atomic mass is 10.2. The van der Waals surface area contributed by atoms with Crippen molar-refractivity contribution < 1.29 is 4.92 Å². The zero-order chi connectivity index (χ0) is 13.7. The van der Waals surface area contributed by atoms with Crippen molar-refractivity contribution in [2.24, 2.45) is 0 Å². The van der Waals surface area contributed by atoms with Gasteiger partial charge in [-0.2, -0.15) is 0 Å². The molecule has 100 valence electrons. The van der Waals surface area contributed by atoms with Gasteiger partial charge >= 0.3 is 0 Å². The lowest BCUT2D eigenvalue weighted by Crippen LogP contribution is -2.24. The Balaban J connectivity index is 2.73. The Labute approximate surface area is 115 Å². The molecule has 1 aromatic rings. The maximum Gasteiger partial charge on any atom is 0.273 e. The van der Waals surface area contributed by atoms with Crippen molar-refractivity contribution >= 4 is 27.3 Å². The number of likely N-dealkylation sites (N-methyl/N-ethyl adjacent to an activating group) is 1. The van der Waals surface area contributed by atoms with Crippen LogP contribution in [0.4, 0.5) is 11.4 Å². The van der Waals surface area contributed by atoms with Crippen LogP contribution in [0.15, 0.2) is 16.6 Å². The van der Waals surface area contributed by atoms with Gasteiger partial charge in [0.25, 0.3) is 5.69 Å². The van der Waals surface area contributed by atoms with Crippen LogP contribution in [0.3, 0.4) is 0 Å². The molecular weight excluding hydrogens is 298 g/mol. The van der Waals surface area contributed by atoms with Crippen molar-refractivity contribution in [2.45, 2.75) is 13.8 Å². The van der Waals surface area contributed by atoms with Gasteiger partial charge in [0.15, 0.2) is 0 Å². The molecule has 0 saturated heterocycles. The fourth-order valence-electron chi connectivity index (χ4n) is 1.54. The molecule has 0 aromatic heterocycles. The summed E-state index contributed by atoms with van der Waals surface area (Å²) in [5.41, 5.74) is 1.69. The molecule has 0 heterocycles. The summed E-state index contributed by atoms with van der Waals surface area (Å²) >= 11 is 3.35. The van der Waals surface area contributed by atoms with Gasteiger partial charge in [0.2, 0.25) is 0 Å². The van der Waals surface area contributed by atoms with Crippen molar-refractivity contribution in [1.29, 1.82) is 0 Å². The molecule has 0 aliphatic rings. The molecule has 0 radical (unpaired) electrons. The average Bonchev–Trinajstić information content (AvgIpc) is 2.32. The van der Waals surface area contributed by atoms with Crippen LogP contribution in [-0.4, -0.2) is 36.5 Å². The van der Waals surface area contributed by atoms with Crippen LogP contribution in [0.1, 0.15) is 12.5 Å². The van der Waals surface area contributed by atoms with Crippen molar-refractivity contribution in [3.63, 3.8) is 0 Å². The molecule has 0 aliphatic carbocycles. The molecule has 1 N–H and O–H groups in total. The minimum Gasteiger partial charge on any atom is -0.383 e. The van der Waals surface area contributed by atoms with E-state index >= 15 is 0 Å². The number of nitrogens with zero attached hydrogens (tertiary/aromatic N) is 2. The number of nitro groups is 1. The van der Waals surface area contributed by atoms with Gasteiger partial charge in [-0.25, -0.2) is 0 Å². The van der Waals surface area contributed by atoms with Crippen LogP contribution in [0, 0.1) is 17.0 Å². The fraction of sp³-hybridized carbons (Fsp3) is 0.500. The van der Waals surface area contributed by atoms with Gasteiger partial charge in [-0.1, -0.05) is 6.92 Å². The number of anilines is 1. The first-order chi connectivity index (χ1) is 8.45. The van der Waals surface area contributed by atoms with E-state index in [1.165, 1.54) is 0 Å². The average molecular weight is 316 g/mol. The molecule has 0 bridgehead atoms. The summed E-state index contributed by atoms with van der Waals surface area (Å²) in [5, 5.41) is 14.1. The summed E-state index contributed by atoms with van der Waals surface area (Å²) in [6.07, 6.45) is 0. The monoisotopic (exact) mass is 315 g/mol. The third-order valence-corrected chi connectivity index (χ3v) is 3.49. The van der Waals surface area contributed by atoms with E-state index < -0.39 is 0 Å². The highest BCUT2D eigenvalue weighted by Gasteiger charge is 2.13. The Morgan fingerprint density at radius 3 is 2.72 bits per heavy atom. The number of nitro benzene ring substituents is 1. The summed E-state index contributed by atoms with van der Waals surface area (Å²) in [6.45, 7) is 6.58. The summed E-state index contributed by atoms with van der Waals surface area (Å²) in [4.78, 5) is 12.6. The maximum absolute atomic E-state index is 10.8. The van der Waals surface area contributed by atoms with E-state index in [-0.39, 0.29) is 10.6 Å². The highest BCUT2D eigenvalue weighted by atomic mass is 79.9. The minimum atomic E-state index is -0.366. The Kier molecular flexibility index (Phi) is 5.55. The Morgan fingerprint density at radius 2 is 2.17 bits per heavy atom. The maximum atomic E-state index is 10.8. The van der Waals surface area contributed by atoms with Gasteiger partial charge in [-0.3, -0.25) is 10.1 Å². The van der Waals surface area contributed by atoms with Gasteiger partial charge in [0.1, 0.15) is 0 Å². The first-order valence-corrected chi connectivity index (χ1v) is 6.62. The van der Waals surface area contributed by atoms with Gasteiger partial charge in [0.05, 0.1) is 4.92 Å². The van der Waals surface area contributed by atoms with E-state index in [9.17, 15) is 10.1 Å². The number of nitrogens with one attached hydrogen (secondary N) is 1. The second-order valence-corrected chi connectivity index (χ2v) is 5.05. The topological polar surface area (TPSA) is 58.4 Å². The highest BCUT2D eigenvalue weighted by molar-refractivity contribution is 9.10. The van der Waals surface area contributed by atoms with E-state index in [0.29, 0.717) is 5.56 Å². The lowest BCUT2D eigenvalue weighted by molar-refractivity contribution is -0.385. The smallest absolute Gasteiger partial charge is 0.273 e. The normalized spacial score (nSPS) is 10.7. The molecule has 0 aliphatic heterocycles. The van der Waals surface area contributed by atoms with Gasteiger partial charge in [-0.05, 0) is 42.5 Å². The molecular formula is C12H18BrN3O2. The Bertz CT molecular complexity index is 438. The number of hydrogen-bond donors (Lipinski definition) is 1. The predicted octanol–water partition coefficient (Wildman–Crippen LogP) is 3.03. The minimum absolute atomic E-state index is 0.137.